The Balaban J connectivity index is 1.73. The fraction of sp³-hybridized carbons (Fsp3) is 0.238. The van der Waals surface area contributed by atoms with E-state index < -0.39 is 0 Å². The van der Waals surface area contributed by atoms with Gasteiger partial charge >= 0.3 is 0 Å². The Morgan fingerprint density at radius 1 is 1.00 bits per heavy atom. The summed E-state index contributed by atoms with van der Waals surface area (Å²) in [5, 5.41) is 3.38. The second kappa shape index (κ2) is 8.34. The molecule has 3 rings (SSSR count). The van der Waals surface area contributed by atoms with Crippen LogP contribution in [-0.2, 0) is 13.1 Å². The Kier molecular flexibility index (Phi) is 5.69. The molecule has 0 fully saturated rings. The number of rotatable bonds is 7. The highest BCUT2D eigenvalue weighted by atomic mass is 16.5. The molecule has 0 aliphatic rings. The molecule has 3 aromatic rings. The Morgan fingerprint density at radius 3 is 2.50 bits per heavy atom. The number of methoxy groups -OCH3 is 1. The number of hydrogen-bond acceptors (Lipinski definition) is 5. The number of anilines is 2. The molecule has 0 radical (unpaired) electrons. The van der Waals surface area contributed by atoms with Gasteiger partial charge in [0.25, 0.3) is 0 Å². The van der Waals surface area contributed by atoms with Gasteiger partial charge < -0.3 is 15.0 Å². The number of aromatic nitrogens is 2. The lowest BCUT2D eigenvalue weighted by Gasteiger charge is -2.19. The van der Waals surface area contributed by atoms with Crippen molar-refractivity contribution in [1.82, 2.24) is 9.97 Å². The van der Waals surface area contributed by atoms with Gasteiger partial charge in [-0.3, -0.25) is 0 Å². The molecule has 1 N–H and O–H groups in total. The van der Waals surface area contributed by atoms with Gasteiger partial charge in [0.1, 0.15) is 11.6 Å². The van der Waals surface area contributed by atoms with Crippen LogP contribution in [0.5, 0.6) is 5.75 Å². The summed E-state index contributed by atoms with van der Waals surface area (Å²) in [6, 6.07) is 20.2. The first-order chi connectivity index (χ1) is 12.7. The van der Waals surface area contributed by atoms with Gasteiger partial charge in [-0.25, -0.2) is 4.98 Å². The lowest BCUT2D eigenvalue weighted by atomic mass is 10.2. The number of para-hydroxylation sites is 1. The van der Waals surface area contributed by atoms with Gasteiger partial charge in [-0.1, -0.05) is 48.5 Å². The van der Waals surface area contributed by atoms with E-state index in [1.807, 2.05) is 62.5 Å². The van der Waals surface area contributed by atoms with Gasteiger partial charge in [-0.2, -0.15) is 4.98 Å². The van der Waals surface area contributed by atoms with Crippen molar-refractivity contribution >= 4 is 11.8 Å². The molecule has 2 aromatic carbocycles. The molecule has 0 saturated heterocycles. The van der Waals surface area contributed by atoms with Crippen LogP contribution in [0.4, 0.5) is 11.8 Å². The first kappa shape index (κ1) is 17.7. The highest BCUT2D eigenvalue weighted by Crippen LogP contribution is 2.20. The van der Waals surface area contributed by atoms with Crippen molar-refractivity contribution in [2.75, 3.05) is 24.4 Å². The van der Waals surface area contributed by atoms with Crippen LogP contribution in [0.2, 0.25) is 0 Å². The van der Waals surface area contributed by atoms with Crippen molar-refractivity contribution in [2.45, 2.75) is 20.0 Å². The fourth-order valence-corrected chi connectivity index (χ4v) is 2.78. The Labute approximate surface area is 154 Å². The average Bonchev–Trinajstić information content (AvgIpc) is 2.67. The van der Waals surface area contributed by atoms with Gasteiger partial charge in [0.2, 0.25) is 5.95 Å². The maximum Gasteiger partial charge on any atom is 0.227 e. The first-order valence-corrected chi connectivity index (χ1v) is 8.62. The topological polar surface area (TPSA) is 50.3 Å². The number of ether oxygens (including phenoxy) is 1. The van der Waals surface area contributed by atoms with Gasteiger partial charge in [0, 0.05) is 37.5 Å². The van der Waals surface area contributed by atoms with Crippen LogP contribution in [0.3, 0.4) is 0 Å². The quantitative estimate of drug-likeness (QED) is 0.698. The Hall–Kier alpha value is -3.08. The minimum Gasteiger partial charge on any atom is -0.496 e. The largest absolute Gasteiger partial charge is 0.496 e. The summed E-state index contributed by atoms with van der Waals surface area (Å²) in [6.45, 7) is 3.38. The van der Waals surface area contributed by atoms with Gasteiger partial charge in [0.15, 0.2) is 0 Å². The summed E-state index contributed by atoms with van der Waals surface area (Å²) in [5.41, 5.74) is 3.24. The van der Waals surface area contributed by atoms with Crippen LogP contribution in [-0.4, -0.2) is 24.1 Å². The van der Waals surface area contributed by atoms with E-state index in [1.54, 1.807) is 7.11 Å². The minimum absolute atomic E-state index is 0.641. The zero-order valence-electron chi connectivity index (χ0n) is 15.4. The minimum atomic E-state index is 0.641. The van der Waals surface area contributed by atoms with Crippen LogP contribution >= 0.6 is 0 Å². The summed E-state index contributed by atoms with van der Waals surface area (Å²) in [4.78, 5) is 11.3. The van der Waals surface area contributed by atoms with E-state index in [9.17, 15) is 0 Å². The molecule has 0 saturated carbocycles. The summed E-state index contributed by atoms with van der Waals surface area (Å²) in [7, 11) is 3.69. The molecule has 0 unspecified atom stereocenters. The molecule has 1 aromatic heterocycles. The third kappa shape index (κ3) is 4.51. The van der Waals surface area contributed by atoms with E-state index in [0.29, 0.717) is 12.5 Å². The molecule has 26 heavy (non-hydrogen) atoms. The van der Waals surface area contributed by atoms with Gasteiger partial charge in [0.05, 0.1) is 7.11 Å². The molecular formula is C21H24N4O. The van der Waals surface area contributed by atoms with Gasteiger partial charge in [-0.15, -0.1) is 0 Å². The van der Waals surface area contributed by atoms with E-state index in [4.69, 9.17) is 4.74 Å². The molecule has 5 heteroatoms. The van der Waals surface area contributed by atoms with E-state index in [1.165, 1.54) is 5.56 Å². The molecule has 5 nitrogen and oxygen atoms in total. The first-order valence-electron chi connectivity index (χ1n) is 8.62. The molecule has 0 aliphatic heterocycles. The van der Waals surface area contributed by atoms with Gasteiger partial charge in [-0.05, 0) is 18.6 Å². The number of nitrogens with zero attached hydrogens (tertiary/aromatic N) is 3. The van der Waals surface area contributed by atoms with Crippen LogP contribution in [0.15, 0.2) is 60.7 Å². The second-order valence-corrected chi connectivity index (χ2v) is 6.20. The molecular weight excluding hydrogens is 324 g/mol. The molecule has 1 heterocycles. The lowest BCUT2D eigenvalue weighted by Crippen LogP contribution is -2.20. The smallest absolute Gasteiger partial charge is 0.227 e. The SMILES string of the molecule is COc1ccccc1CNc1cc(C)nc(N(C)Cc2ccccc2)n1. The van der Waals surface area contributed by atoms with Crippen molar-refractivity contribution in [2.24, 2.45) is 0 Å². The highest BCUT2D eigenvalue weighted by Gasteiger charge is 2.09. The Bertz CT molecular complexity index is 852. The summed E-state index contributed by atoms with van der Waals surface area (Å²) >= 11 is 0. The maximum absolute atomic E-state index is 5.40. The normalized spacial score (nSPS) is 10.4. The average molecular weight is 348 g/mol. The summed E-state index contributed by atoms with van der Waals surface area (Å²) < 4.78 is 5.40. The molecule has 0 amide bonds. The van der Waals surface area contributed by atoms with Crippen molar-refractivity contribution < 1.29 is 4.74 Å². The number of hydrogen-bond donors (Lipinski definition) is 1. The second-order valence-electron chi connectivity index (χ2n) is 6.20. The third-order valence-electron chi connectivity index (χ3n) is 4.10. The zero-order chi connectivity index (χ0) is 18.4. The van der Waals surface area contributed by atoms with Crippen molar-refractivity contribution in [1.29, 1.82) is 0 Å². The molecule has 0 atom stereocenters. The predicted molar refractivity (Wildman–Crippen MR) is 106 cm³/mol. The molecule has 0 aliphatic carbocycles. The van der Waals surface area contributed by atoms with Crippen molar-refractivity contribution in [3.8, 4) is 5.75 Å². The molecule has 0 bridgehead atoms. The number of nitrogens with one attached hydrogen (secondary N) is 1. The fourth-order valence-electron chi connectivity index (χ4n) is 2.78. The number of aryl methyl sites for hydroxylation is 1. The number of benzene rings is 2. The van der Waals surface area contributed by atoms with Crippen LogP contribution in [0.1, 0.15) is 16.8 Å². The monoisotopic (exact) mass is 348 g/mol. The van der Waals surface area contributed by atoms with Crippen molar-refractivity contribution in [3.63, 3.8) is 0 Å². The molecule has 0 spiro atoms. The van der Waals surface area contributed by atoms with E-state index in [-0.39, 0.29) is 0 Å². The van der Waals surface area contributed by atoms with E-state index in [0.717, 1.165) is 29.4 Å². The lowest BCUT2D eigenvalue weighted by molar-refractivity contribution is 0.410. The predicted octanol–water partition coefficient (Wildman–Crippen LogP) is 4.04. The third-order valence-corrected chi connectivity index (χ3v) is 4.10. The van der Waals surface area contributed by atoms with E-state index in [2.05, 4.69) is 32.3 Å². The summed E-state index contributed by atoms with van der Waals surface area (Å²) in [6.07, 6.45) is 0. The summed E-state index contributed by atoms with van der Waals surface area (Å²) in [5.74, 6) is 2.38. The zero-order valence-corrected chi connectivity index (χ0v) is 15.4. The van der Waals surface area contributed by atoms with Crippen LogP contribution in [0, 0.1) is 6.92 Å². The Morgan fingerprint density at radius 2 is 1.73 bits per heavy atom. The van der Waals surface area contributed by atoms with E-state index >= 15 is 0 Å². The standard InChI is InChI=1S/C21H24N4O/c1-16-13-20(22-14-18-11-7-8-12-19(18)26-3)24-21(23-16)25(2)15-17-9-5-4-6-10-17/h4-13H,14-15H2,1-3H3,(H,22,23,24). The molecule has 134 valence electrons. The van der Waals surface area contributed by atoms with Crippen molar-refractivity contribution in [3.05, 3.63) is 77.5 Å². The maximum atomic E-state index is 5.40. The van der Waals surface area contributed by atoms with Crippen LogP contribution in [0.25, 0.3) is 0 Å². The highest BCUT2D eigenvalue weighted by molar-refractivity contribution is 5.45. The van der Waals surface area contributed by atoms with Crippen LogP contribution < -0.4 is 15.0 Å².